The molecule has 0 atom stereocenters. The third-order valence-corrected chi connectivity index (χ3v) is 5.32. The molecule has 0 saturated carbocycles. The van der Waals surface area contributed by atoms with Gasteiger partial charge in [0.25, 0.3) is 0 Å². The van der Waals surface area contributed by atoms with Gasteiger partial charge in [-0.2, -0.15) is 5.10 Å². The Morgan fingerprint density at radius 3 is 1.73 bits per heavy atom. The average molecular weight is 414 g/mol. The SMILES string of the molecule is Cn1ncn(-c2ccc(N3CCN(c4ccc(Br)cc4)CC3)cc2)c1=O. The molecule has 1 aliphatic rings. The summed E-state index contributed by atoms with van der Waals surface area (Å²) in [5, 5.41) is 4.00. The average Bonchev–Trinajstić information content (AvgIpc) is 3.02. The summed E-state index contributed by atoms with van der Waals surface area (Å²) in [5.41, 5.74) is 3.14. The Labute approximate surface area is 160 Å². The molecule has 0 radical (unpaired) electrons. The fraction of sp³-hybridized carbons (Fsp3) is 0.263. The number of anilines is 2. The van der Waals surface area contributed by atoms with Crippen LogP contribution in [0.25, 0.3) is 5.69 Å². The molecular formula is C19H20BrN5O. The Morgan fingerprint density at radius 1 is 0.808 bits per heavy atom. The molecule has 1 aliphatic heterocycles. The third-order valence-electron chi connectivity index (χ3n) is 4.79. The van der Waals surface area contributed by atoms with Crippen LogP contribution in [-0.2, 0) is 7.05 Å². The van der Waals surface area contributed by atoms with Crippen molar-refractivity contribution in [1.82, 2.24) is 14.3 Å². The van der Waals surface area contributed by atoms with Crippen LogP contribution in [0.15, 0.2) is 64.1 Å². The van der Waals surface area contributed by atoms with E-state index in [4.69, 9.17) is 0 Å². The highest BCUT2D eigenvalue weighted by molar-refractivity contribution is 9.10. The summed E-state index contributed by atoms with van der Waals surface area (Å²) in [6.07, 6.45) is 1.55. The van der Waals surface area contributed by atoms with E-state index in [-0.39, 0.29) is 5.69 Å². The highest BCUT2D eigenvalue weighted by Crippen LogP contribution is 2.23. The van der Waals surface area contributed by atoms with E-state index in [1.807, 2.05) is 12.1 Å². The topological polar surface area (TPSA) is 46.3 Å². The van der Waals surface area contributed by atoms with Crippen LogP contribution in [0.2, 0.25) is 0 Å². The summed E-state index contributed by atoms with van der Waals surface area (Å²) in [6, 6.07) is 16.6. The molecule has 0 unspecified atom stereocenters. The quantitative estimate of drug-likeness (QED) is 0.661. The number of piperazine rings is 1. The molecule has 2 heterocycles. The first-order valence-corrected chi connectivity index (χ1v) is 9.38. The van der Waals surface area contributed by atoms with Crippen molar-refractivity contribution in [1.29, 1.82) is 0 Å². The van der Waals surface area contributed by atoms with Crippen molar-refractivity contribution in [2.75, 3.05) is 36.0 Å². The van der Waals surface area contributed by atoms with Gasteiger partial charge in [-0.3, -0.25) is 0 Å². The number of aromatic nitrogens is 3. The van der Waals surface area contributed by atoms with Crippen molar-refractivity contribution >= 4 is 27.3 Å². The molecule has 1 aromatic heterocycles. The van der Waals surface area contributed by atoms with Crippen LogP contribution >= 0.6 is 15.9 Å². The molecule has 0 spiro atoms. The van der Waals surface area contributed by atoms with Crippen molar-refractivity contribution < 1.29 is 0 Å². The molecule has 134 valence electrons. The minimum Gasteiger partial charge on any atom is -0.368 e. The fourth-order valence-electron chi connectivity index (χ4n) is 3.26. The lowest BCUT2D eigenvalue weighted by Crippen LogP contribution is -2.46. The van der Waals surface area contributed by atoms with E-state index < -0.39 is 0 Å². The number of nitrogens with zero attached hydrogens (tertiary/aromatic N) is 5. The number of hydrogen-bond donors (Lipinski definition) is 0. The lowest BCUT2D eigenvalue weighted by Gasteiger charge is -2.37. The number of halogens is 1. The molecule has 26 heavy (non-hydrogen) atoms. The minimum absolute atomic E-state index is 0.138. The predicted octanol–water partition coefficient (Wildman–Crippen LogP) is 2.66. The largest absolute Gasteiger partial charge is 0.368 e. The van der Waals surface area contributed by atoms with Crippen LogP contribution in [0.4, 0.5) is 11.4 Å². The number of hydrogen-bond acceptors (Lipinski definition) is 4. The second kappa shape index (κ2) is 6.99. The van der Waals surface area contributed by atoms with Gasteiger partial charge >= 0.3 is 5.69 Å². The molecular weight excluding hydrogens is 394 g/mol. The molecule has 0 aliphatic carbocycles. The molecule has 6 nitrogen and oxygen atoms in total. The number of aryl methyl sites for hydroxylation is 1. The van der Waals surface area contributed by atoms with Gasteiger partial charge in [0.05, 0.1) is 5.69 Å². The molecule has 2 aromatic carbocycles. The molecule has 1 fully saturated rings. The maximum atomic E-state index is 12.0. The molecule has 1 saturated heterocycles. The van der Waals surface area contributed by atoms with E-state index in [0.717, 1.165) is 36.3 Å². The van der Waals surface area contributed by atoms with Crippen molar-refractivity contribution in [2.45, 2.75) is 0 Å². The van der Waals surface area contributed by atoms with E-state index >= 15 is 0 Å². The smallest absolute Gasteiger partial charge is 0.350 e. The molecule has 0 bridgehead atoms. The summed E-state index contributed by atoms with van der Waals surface area (Å²) in [4.78, 5) is 16.8. The Bertz CT molecular complexity index is 937. The fourth-order valence-corrected chi connectivity index (χ4v) is 3.52. The van der Waals surface area contributed by atoms with Crippen LogP contribution < -0.4 is 15.5 Å². The molecule has 0 N–H and O–H groups in total. The van der Waals surface area contributed by atoms with Crippen molar-refractivity contribution in [3.63, 3.8) is 0 Å². The second-order valence-electron chi connectivity index (χ2n) is 6.37. The molecule has 3 aromatic rings. The molecule has 7 heteroatoms. The van der Waals surface area contributed by atoms with Crippen LogP contribution in [0, 0.1) is 0 Å². The van der Waals surface area contributed by atoms with Gasteiger partial charge in [-0.25, -0.2) is 14.0 Å². The minimum atomic E-state index is -0.138. The zero-order valence-electron chi connectivity index (χ0n) is 14.5. The zero-order chi connectivity index (χ0) is 18.1. The summed E-state index contributed by atoms with van der Waals surface area (Å²) < 4.78 is 3.98. The van der Waals surface area contributed by atoms with Gasteiger partial charge in [0.15, 0.2) is 0 Å². The first-order valence-electron chi connectivity index (χ1n) is 8.58. The van der Waals surface area contributed by atoms with Gasteiger partial charge in [-0.1, -0.05) is 15.9 Å². The van der Waals surface area contributed by atoms with Crippen LogP contribution in [0.5, 0.6) is 0 Å². The van der Waals surface area contributed by atoms with Crippen LogP contribution in [0.1, 0.15) is 0 Å². The Hall–Kier alpha value is -2.54. The Balaban J connectivity index is 1.44. The second-order valence-corrected chi connectivity index (χ2v) is 7.29. The van der Waals surface area contributed by atoms with Crippen LogP contribution in [-0.4, -0.2) is 40.5 Å². The highest BCUT2D eigenvalue weighted by atomic mass is 79.9. The van der Waals surface area contributed by atoms with E-state index in [1.54, 1.807) is 17.9 Å². The molecule has 0 amide bonds. The Morgan fingerprint density at radius 2 is 1.27 bits per heavy atom. The van der Waals surface area contributed by atoms with Crippen LogP contribution in [0.3, 0.4) is 0 Å². The Kier molecular flexibility index (Phi) is 4.55. The predicted molar refractivity (Wildman–Crippen MR) is 107 cm³/mol. The van der Waals surface area contributed by atoms with Gasteiger partial charge < -0.3 is 9.80 Å². The van der Waals surface area contributed by atoms with Gasteiger partial charge in [0.1, 0.15) is 6.33 Å². The highest BCUT2D eigenvalue weighted by Gasteiger charge is 2.17. The lowest BCUT2D eigenvalue weighted by molar-refractivity contribution is 0.653. The maximum absolute atomic E-state index is 12.0. The first-order chi connectivity index (χ1) is 12.6. The number of rotatable bonds is 3. The van der Waals surface area contributed by atoms with E-state index in [2.05, 4.69) is 67.2 Å². The maximum Gasteiger partial charge on any atom is 0.350 e. The van der Waals surface area contributed by atoms with Crippen molar-refractivity contribution in [3.8, 4) is 5.69 Å². The normalized spacial score (nSPS) is 14.7. The third kappa shape index (κ3) is 3.26. The summed E-state index contributed by atoms with van der Waals surface area (Å²) >= 11 is 3.48. The summed E-state index contributed by atoms with van der Waals surface area (Å²) in [7, 11) is 1.65. The summed E-state index contributed by atoms with van der Waals surface area (Å²) in [6.45, 7) is 3.93. The van der Waals surface area contributed by atoms with E-state index in [1.165, 1.54) is 16.1 Å². The van der Waals surface area contributed by atoms with Gasteiger partial charge in [0, 0.05) is 49.1 Å². The monoisotopic (exact) mass is 413 g/mol. The van der Waals surface area contributed by atoms with E-state index in [0.29, 0.717) is 0 Å². The van der Waals surface area contributed by atoms with Crippen molar-refractivity contribution in [3.05, 3.63) is 69.8 Å². The summed E-state index contributed by atoms with van der Waals surface area (Å²) in [5.74, 6) is 0. The number of benzene rings is 2. The zero-order valence-corrected chi connectivity index (χ0v) is 16.1. The first kappa shape index (κ1) is 16.9. The van der Waals surface area contributed by atoms with E-state index in [9.17, 15) is 4.79 Å². The van der Waals surface area contributed by atoms with Gasteiger partial charge in [-0.05, 0) is 48.5 Å². The van der Waals surface area contributed by atoms with Gasteiger partial charge in [-0.15, -0.1) is 0 Å². The molecule has 4 rings (SSSR count). The van der Waals surface area contributed by atoms with Crippen molar-refractivity contribution in [2.24, 2.45) is 7.05 Å². The van der Waals surface area contributed by atoms with Gasteiger partial charge in [0.2, 0.25) is 0 Å². The lowest BCUT2D eigenvalue weighted by atomic mass is 10.2. The standard InChI is InChI=1S/C19H20BrN5O/c1-22-19(26)25(14-21-22)18-8-6-17(7-9-18)24-12-10-23(11-13-24)16-4-2-15(20)3-5-16/h2-9,14H,10-13H2,1H3.